The van der Waals surface area contributed by atoms with Crippen molar-refractivity contribution in [1.29, 1.82) is 0 Å². The van der Waals surface area contributed by atoms with Gasteiger partial charge in [-0.05, 0) is 0 Å². The van der Waals surface area contributed by atoms with Crippen LogP contribution >= 0.6 is 0 Å². The second-order valence-electron chi connectivity index (χ2n) is 4.39. The van der Waals surface area contributed by atoms with Gasteiger partial charge in [0.2, 0.25) is 0 Å². The number of carbonyl (C=O) groups excluding carboxylic acids is 2. The number of carbonyl (C=O) groups is 2. The van der Waals surface area contributed by atoms with Crippen molar-refractivity contribution in [3.8, 4) is 0 Å². The van der Waals surface area contributed by atoms with Crippen molar-refractivity contribution in [3.63, 3.8) is 0 Å². The van der Waals surface area contributed by atoms with Crippen molar-refractivity contribution >= 4 is 23.4 Å². The van der Waals surface area contributed by atoms with Crippen LogP contribution < -0.4 is 69.3 Å². The van der Waals surface area contributed by atoms with Gasteiger partial charge in [-0.1, -0.05) is 24.3 Å². The molecule has 0 aromatic rings. The van der Waals surface area contributed by atoms with Crippen molar-refractivity contribution in [2.45, 2.75) is 12.2 Å². The molecule has 2 aliphatic carbocycles. The molecule has 2 atom stereocenters. The van der Waals surface area contributed by atoms with E-state index in [1.165, 1.54) is 36.5 Å². The fourth-order valence-corrected chi connectivity index (χ4v) is 1.72. The summed E-state index contributed by atoms with van der Waals surface area (Å²) in [6.07, 6.45) is 4.87. The normalized spacial score (nSPS) is 19.9. The summed E-state index contributed by atoms with van der Waals surface area (Å²) in [4.78, 5) is 26.1. The summed E-state index contributed by atoms with van der Waals surface area (Å²) in [6.45, 7) is 0. The molecule has 2 N–H and O–H groups in total. The summed E-state index contributed by atoms with van der Waals surface area (Å²) in [5.41, 5.74) is 15.7. The first kappa shape index (κ1) is 26.8. The van der Waals surface area contributed by atoms with E-state index in [1.807, 2.05) is 0 Å². The van der Waals surface area contributed by atoms with Crippen LogP contribution in [0.5, 0.6) is 0 Å². The van der Waals surface area contributed by atoms with E-state index in [0.29, 0.717) is 0 Å². The SMILES string of the molecule is [N-]=[N+]=C1C=CC=C(C(=O)[O-])C1O.[N-]=[N+]=C1C=CC=C(C(=O)[O-])C1O.[Na+].[Na+]. The van der Waals surface area contributed by atoms with Gasteiger partial charge in [0.05, 0.1) is 11.9 Å². The molecule has 0 aliphatic heterocycles. The molecule has 26 heavy (non-hydrogen) atoms. The Morgan fingerprint density at radius 1 is 0.846 bits per heavy atom. The van der Waals surface area contributed by atoms with E-state index in [-0.39, 0.29) is 81.7 Å². The summed E-state index contributed by atoms with van der Waals surface area (Å²) >= 11 is 0. The van der Waals surface area contributed by atoms with Crippen LogP contribution in [-0.4, -0.2) is 55.4 Å². The number of aliphatic hydroxyl groups is 2. The molecule has 124 valence electrons. The Kier molecular flexibility index (Phi) is 13.3. The number of rotatable bonds is 2. The smallest absolute Gasteiger partial charge is 0.545 e. The van der Waals surface area contributed by atoms with Gasteiger partial charge in [0.25, 0.3) is 0 Å². The van der Waals surface area contributed by atoms with Gasteiger partial charge in [-0.25, -0.2) is 0 Å². The minimum atomic E-state index is -1.48. The minimum absolute atomic E-state index is 0. The van der Waals surface area contributed by atoms with Crippen LogP contribution in [0.15, 0.2) is 47.6 Å². The summed E-state index contributed by atoms with van der Waals surface area (Å²) in [7, 11) is 0. The third kappa shape index (κ3) is 7.06. The summed E-state index contributed by atoms with van der Waals surface area (Å²) < 4.78 is 0. The van der Waals surface area contributed by atoms with Gasteiger partial charge in [-0.2, -0.15) is 9.58 Å². The molecular formula is C14H10N4Na2O6. The van der Waals surface area contributed by atoms with E-state index in [0.717, 1.165) is 0 Å². The quantitative estimate of drug-likeness (QED) is 0.273. The Balaban J connectivity index is 0. The zero-order chi connectivity index (χ0) is 18.3. The van der Waals surface area contributed by atoms with Gasteiger partial charge in [-0.15, -0.1) is 0 Å². The van der Waals surface area contributed by atoms with E-state index in [4.69, 9.17) is 21.3 Å². The zero-order valence-corrected chi connectivity index (χ0v) is 17.9. The number of hydrogen-bond acceptors (Lipinski definition) is 6. The molecule has 10 nitrogen and oxygen atoms in total. The topological polar surface area (TPSA) is 194 Å². The van der Waals surface area contributed by atoms with Crippen molar-refractivity contribution in [1.82, 2.24) is 0 Å². The molecule has 0 radical (unpaired) electrons. The fourth-order valence-electron chi connectivity index (χ4n) is 1.72. The monoisotopic (exact) mass is 376 g/mol. The maximum absolute atomic E-state index is 10.3. The third-order valence-electron chi connectivity index (χ3n) is 2.94. The van der Waals surface area contributed by atoms with Crippen LogP contribution in [0.25, 0.3) is 11.1 Å². The maximum Gasteiger partial charge on any atom is 1.00 e. The average molecular weight is 376 g/mol. The number of carboxylic acids is 2. The first-order valence-electron chi connectivity index (χ1n) is 6.32. The van der Waals surface area contributed by atoms with Gasteiger partial charge >= 0.3 is 70.5 Å². The molecule has 2 rings (SSSR count). The number of hydrogen-bond donors (Lipinski definition) is 2. The van der Waals surface area contributed by atoms with Gasteiger partial charge in [0.15, 0.2) is 12.2 Å². The van der Waals surface area contributed by atoms with Gasteiger partial charge in [0.1, 0.15) is 0 Å². The first-order chi connectivity index (χ1) is 11.3. The molecule has 0 heterocycles. The van der Waals surface area contributed by atoms with E-state index in [9.17, 15) is 19.8 Å². The van der Waals surface area contributed by atoms with Crippen LogP contribution in [-0.2, 0) is 9.59 Å². The van der Waals surface area contributed by atoms with E-state index in [1.54, 1.807) is 0 Å². The molecule has 0 bridgehead atoms. The van der Waals surface area contributed by atoms with Crippen LogP contribution in [0.2, 0.25) is 0 Å². The fraction of sp³-hybridized carbons (Fsp3) is 0.143. The summed E-state index contributed by atoms with van der Waals surface area (Å²) in [5, 5.41) is 39.0. The zero-order valence-electron chi connectivity index (χ0n) is 13.9. The number of nitrogens with zero attached hydrogens (tertiary/aromatic N) is 4. The second-order valence-corrected chi connectivity index (χ2v) is 4.39. The minimum Gasteiger partial charge on any atom is -0.545 e. The maximum atomic E-state index is 10.3. The van der Waals surface area contributed by atoms with Crippen molar-refractivity contribution in [3.05, 3.63) is 58.7 Å². The molecule has 2 aliphatic rings. The molecule has 0 fully saturated rings. The Bertz CT molecular complexity index is 723. The number of carboxylic acid groups (broad SMARTS) is 2. The molecular weight excluding hydrogens is 366 g/mol. The standard InChI is InChI=1S/2C7H6N2O3.2Na/c2*8-9-5-3-1-2-4(6(5)10)7(11)12;;/h2*1-3,6,10H,(H,11,12);;/q;;2*+1/p-2. The molecule has 0 aromatic heterocycles. The van der Waals surface area contributed by atoms with E-state index < -0.39 is 24.1 Å². The van der Waals surface area contributed by atoms with Crippen molar-refractivity contribution in [2.24, 2.45) is 0 Å². The summed E-state index contributed by atoms with van der Waals surface area (Å²) in [5.74, 6) is -2.96. The van der Waals surface area contributed by atoms with Crippen LogP contribution in [0.4, 0.5) is 0 Å². The van der Waals surface area contributed by atoms with Crippen LogP contribution in [0.3, 0.4) is 0 Å². The second kappa shape index (κ2) is 12.9. The molecule has 0 amide bonds. The Morgan fingerprint density at radius 2 is 1.15 bits per heavy atom. The Morgan fingerprint density at radius 3 is 1.38 bits per heavy atom. The Labute approximate surface area is 191 Å². The van der Waals surface area contributed by atoms with Gasteiger partial charge in [-0.3, -0.25) is 0 Å². The average Bonchev–Trinajstić information content (AvgIpc) is 2.55. The molecule has 0 saturated carbocycles. The van der Waals surface area contributed by atoms with E-state index >= 15 is 0 Å². The number of aliphatic carboxylic acids is 2. The third-order valence-corrected chi connectivity index (χ3v) is 2.94. The van der Waals surface area contributed by atoms with Gasteiger partial charge in [0, 0.05) is 23.3 Å². The number of aliphatic hydroxyl groups excluding tert-OH is 2. The van der Waals surface area contributed by atoms with Crippen LogP contribution in [0.1, 0.15) is 0 Å². The molecule has 2 unspecified atom stereocenters. The number of allylic oxidation sites excluding steroid dienone is 4. The largest absolute Gasteiger partial charge is 1.00 e. The Hall–Kier alpha value is -1.42. The van der Waals surface area contributed by atoms with E-state index in [2.05, 4.69) is 9.58 Å². The first-order valence-corrected chi connectivity index (χ1v) is 6.32. The van der Waals surface area contributed by atoms with Crippen molar-refractivity contribution < 1.29 is 98.7 Å². The molecule has 0 spiro atoms. The molecule has 0 aromatic carbocycles. The predicted molar refractivity (Wildman–Crippen MR) is 73.7 cm³/mol. The predicted octanol–water partition coefficient (Wildman–Crippen LogP) is -9.46. The molecule has 0 saturated heterocycles. The molecule has 12 heteroatoms. The van der Waals surface area contributed by atoms with Gasteiger partial charge < -0.3 is 41.1 Å². The summed E-state index contributed by atoms with van der Waals surface area (Å²) in [6, 6.07) is 0. The van der Waals surface area contributed by atoms with Crippen molar-refractivity contribution in [2.75, 3.05) is 0 Å². The van der Waals surface area contributed by atoms with Crippen LogP contribution in [0, 0.1) is 0 Å².